The number of nitrogens with zero attached hydrogens (tertiary/aromatic N) is 3. The number of oxazole rings is 1. The molecule has 0 N–H and O–H groups in total. The van der Waals surface area contributed by atoms with Crippen LogP contribution in [0.1, 0.15) is 30.5 Å². The Bertz CT molecular complexity index is 1070. The van der Waals surface area contributed by atoms with E-state index in [1.807, 2.05) is 36.1 Å². The van der Waals surface area contributed by atoms with Crippen LogP contribution in [0.15, 0.2) is 59.2 Å². The van der Waals surface area contributed by atoms with E-state index in [1.54, 1.807) is 12.1 Å². The molecule has 1 aromatic heterocycles. The molecule has 7 heteroatoms. The minimum absolute atomic E-state index is 0.00808. The summed E-state index contributed by atoms with van der Waals surface area (Å²) in [7, 11) is 0. The molecule has 0 unspecified atom stereocenters. The topological polar surface area (TPSA) is 66.7 Å². The maximum atomic E-state index is 13.2. The van der Waals surface area contributed by atoms with Crippen molar-refractivity contribution < 1.29 is 18.4 Å². The van der Waals surface area contributed by atoms with E-state index in [2.05, 4.69) is 4.98 Å². The summed E-state index contributed by atoms with van der Waals surface area (Å²) in [4.78, 5) is 33.8. The molecule has 2 amide bonds. The van der Waals surface area contributed by atoms with Crippen LogP contribution in [-0.4, -0.2) is 41.3 Å². The summed E-state index contributed by atoms with van der Waals surface area (Å²) >= 11 is 0. The van der Waals surface area contributed by atoms with Crippen LogP contribution in [0.5, 0.6) is 0 Å². The predicted octanol–water partition coefficient (Wildman–Crippen LogP) is 4.38. The van der Waals surface area contributed by atoms with Crippen LogP contribution in [0.25, 0.3) is 11.5 Å². The lowest BCUT2D eigenvalue weighted by atomic mass is 10.1. The van der Waals surface area contributed by atoms with Gasteiger partial charge in [0.05, 0.1) is 12.1 Å². The van der Waals surface area contributed by atoms with Crippen molar-refractivity contribution in [2.24, 2.45) is 0 Å². The molecule has 2 heterocycles. The van der Waals surface area contributed by atoms with Crippen LogP contribution in [0.2, 0.25) is 0 Å². The lowest BCUT2D eigenvalue weighted by molar-refractivity contribution is -0.132. The van der Waals surface area contributed by atoms with Gasteiger partial charge in [-0.15, -0.1) is 0 Å². The minimum Gasteiger partial charge on any atom is -0.444 e. The lowest BCUT2D eigenvalue weighted by Gasteiger charge is -2.30. The van der Waals surface area contributed by atoms with Crippen molar-refractivity contribution in [2.75, 3.05) is 24.5 Å². The van der Waals surface area contributed by atoms with Gasteiger partial charge in [0, 0.05) is 24.3 Å². The van der Waals surface area contributed by atoms with Gasteiger partial charge < -0.3 is 14.2 Å². The van der Waals surface area contributed by atoms with Crippen molar-refractivity contribution in [1.82, 2.24) is 9.88 Å². The van der Waals surface area contributed by atoms with Crippen LogP contribution in [0, 0.1) is 12.7 Å². The first-order chi connectivity index (χ1) is 15.5. The fraction of sp³-hybridized carbons (Fsp3) is 0.320. The molecule has 1 fully saturated rings. The molecule has 4 rings (SSSR count). The summed E-state index contributed by atoms with van der Waals surface area (Å²) in [5.74, 6) is -0.314. The van der Waals surface area contributed by atoms with E-state index in [0.29, 0.717) is 22.8 Å². The molecule has 0 radical (unpaired) electrons. The van der Waals surface area contributed by atoms with E-state index in [9.17, 15) is 14.0 Å². The fourth-order valence-electron chi connectivity index (χ4n) is 3.79. The predicted molar refractivity (Wildman–Crippen MR) is 120 cm³/mol. The number of hydrogen-bond acceptors (Lipinski definition) is 4. The van der Waals surface area contributed by atoms with Gasteiger partial charge in [-0.05, 0) is 62.6 Å². The summed E-state index contributed by atoms with van der Waals surface area (Å²) < 4.78 is 18.7. The number of rotatable bonds is 6. The Balaban J connectivity index is 1.51. The Hall–Kier alpha value is -3.48. The smallest absolute Gasteiger partial charge is 0.242 e. The molecule has 166 valence electrons. The van der Waals surface area contributed by atoms with Crippen molar-refractivity contribution in [3.8, 4) is 11.5 Å². The largest absolute Gasteiger partial charge is 0.444 e. The molecule has 0 spiro atoms. The number of amides is 2. The Morgan fingerprint density at radius 3 is 2.41 bits per heavy atom. The van der Waals surface area contributed by atoms with Gasteiger partial charge in [-0.25, -0.2) is 9.37 Å². The highest BCUT2D eigenvalue weighted by atomic mass is 19.1. The van der Waals surface area contributed by atoms with Crippen LogP contribution >= 0.6 is 0 Å². The number of likely N-dealkylation sites (tertiary alicyclic amines) is 1. The van der Waals surface area contributed by atoms with Gasteiger partial charge in [0.25, 0.3) is 0 Å². The Morgan fingerprint density at radius 1 is 1.03 bits per heavy atom. The molecule has 1 aliphatic rings. The molecule has 1 aliphatic heterocycles. The summed E-state index contributed by atoms with van der Waals surface area (Å²) in [6.07, 6.45) is 4.54. The van der Waals surface area contributed by atoms with E-state index in [4.69, 9.17) is 4.42 Å². The number of hydrogen-bond donors (Lipinski definition) is 0. The second-order valence-corrected chi connectivity index (χ2v) is 8.08. The molecule has 0 atom stereocenters. The maximum absolute atomic E-state index is 13.2. The number of benzene rings is 2. The third-order valence-corrected chi connectivity index (χ3v) is 5.62. The second-order valence-electron chi connectivity index (χ2n) is 8.08. The van der Waals surface area contributed by atoms with Gasteiger partial charge in [0.2, 0.25) is 17.7 Å². The average Bonchev–Trinajstić information content (AvgIpc) is 3.27. The van der Waals surface area contributed by atoms with Gasteiger partial charge in [-0.2, -0.15) is 0 Å². The molecular formula is C25H26FN3O3. The quantitative estimate of drug-likeness (QED) is 0.576. The minimum atomic E-state index is -0.345. The van der Waals surface area contributed by atoms with Crippen molar-refractivity contribution >= 4 is 17.5 Å². The van der Waals surface area contributed by atoms with Crippen LogP contribution in [-0.2, 0) is 16.0 Å². The molecular weight excluding hydrogens is 409 g/mol. The number of aryl methyl sites for hydroxylation is 1. The Morgan fingerprint density at radius 2 is 1.72 bits per heavy atom. The summed E-state index contributed by atoms with van der Waals surface area (Å²) in [6.45, 7) is 3.43. The highest BCUT2D eigenvalue weighted by molar-refractivity contribution is 5.99. The highest BCUT2D eigenvalue weighted by Gasteiger charge is 2.24. The Kier molecular flexibility index (Phi) is 6.63. The third kappa shape index (κ3) is 5.22. The number of aromatic nitrogens is 1. The van der Waals surface area contributed by atoms with Crippen molar-refractivity contribution in [1.29, 1.82) is 0 Å². The number of halogens is 1. The number of carbonyl (C=O) groups is 2. The van der Waals surface area contributed by atoms with Gasteiger partial charge >= 0.3 is 0 Å². The summed E-state index contributed by atoms with van der Waals surface area (Å²) in [6, 6.07) is 13.3. The second kappa shape index (κ2) is 9.77. The zero-order valence-electron chi connectivity index (χ0n) is 18.1. The van der Waals surface area contributed by atoms with Crippen molar-refractivity contribution in [3.63, 3.8) is 0 Å². The van der Waals surface area contributed by atoms with E-state index in [1.165, 1.54) is 23.3 Å². The molecule has 32 heavy (non-hydrogen) atoms. The molecule has 1 saturated heterocycles. The Labute approximate surface area is 186 Å². The van der Waals surface area contributed by atoms with Crippen molar-refractivity contribution in [2.45, 2.75) is 32.6 Å². The van der Waals surface area contributed by atoms with Gasteiger partial charge in [0.1, 0.15) is 18.6 Å². The van der Waals surface area contributed by atoms with Crippen LogP contribution in [0.3, 0.4) is 0 Å². The first-order valence-electron chi connectivity index (χ1n) is 10.8. The van der Waals surface area contributed by atoms with Crippen molar-refractivity contribution in [3.05, 3.63) is 71.9 Å². The first-order valence-corrected chi connectivity index (χ1v) is 10.8. The van der Waals surface area contributed by atoms with E-state index >= 15 is 0 Å². The molecule has 6 nitrogen and oxygen atoms in total. The zero-order chi connectivity index (χ0) is 22.5. The van der Waals surface area contributed by atoms with Gasteiger partial charge in [-0.3, -0.25) is 9.59 Å². The van der Waals surface area contributed by atoms with E-state index < -0.39 is 0 Å². The zero-order valence-corrected chi connectivity index (χ0v) is 18.1. The maximum Gasteiger partial charge on any atom is 0.242 e. The average molecular weight is 435 g/mol. The SMILES string of the molecule is Cc1ccc(N(CC(=O)N2CCCCC2)C(=O)Cc2coc(-c3ccc(F)cc3)n2)cc1. The van der Waals surface area contributed by atoms with Gasteiger partial charge in [0.15, 0.2) is 0 Å². The molecule has 3 aromatic rings. The number of piperidine rings is 1. The molecule has 0 saturated carbocycles. The fourth-order valence-corrected chi connectivity index (χ4v) is 3.79. The molecule has 0 aliphatic carbocycles. The van der Waals surface area contributed by atoms with Gasteiger partial charge in [-0.1, -0.05) is 17.7 Å². The highest BCUT2D eigenvalue weighted by Crippen LogP contribution is 2.21. The first kappa shape index (κ1) is 21.7. The number of carbonyl (C=O) groups excluding carboxylic acids is 2. The lowest BCUT2D eigenvalue weighted by Crippen LogP contribution is -2.45. The molecule has 0 bridgehead atoms. The van der Waals surface area contributed by atoms with E-state index in [-0.39, 0.29) is 30.6 Å². The summed E-state index contributed by atoms with van der Waals surface area (Å²) in [5, 5.41) is 0. The standard InChI is InChI=1S/C25H26FN3O3/c1-18-5-11-22(12-6-18)29(16-24(31)28-13-3-2-4-14-28)23(30)15-21-17-32-25(27-21)19-7-9-20(26)10-8-19/h5-12,17H,2-4,13-16H2,1H3. The normalized spacial score (nSPS) is 13.8. The number of anilines is 1. The summed E-state index contributed by atoms with van der Waals surface area (Å²) in [5.41, 5.74) is 2.83. The van der Waals surface area contributed by atoms with Crippen LogP contribution in [0.4, 0.5) is 10.1 Å². The van der Waals surface area contributed by atoms with Crippen LogP contribution < -0.4 is 4.90 Å². The van der Waals surface area contributed by atoms with E-state index in [0.717, 1.165) is 37.9 Å². The monoisotopic (exact) mass is 435 g/mol. The third-order valence-electron chi connectivity index (χ3n) is 5.62. The molecule has 2 aromatic carbocycles.